The monoisotopic (exact) mass is 236 g/mol. The number of nitrogens with zero attached hydrogens (tertiary/aromatic N) is 1. The summed E-state index contributed by atoms with van der Waals surface area (Å²) in [5.41, 5.74) is 1.01. The third-order valence-corrected chi connectivity index (χ3v) is 3.10. The lowest BCUT2D eigenvalue weighted by atomic mass is 10.3. The zero-order valence-electron chi connectivity index (χ0n) is 9.56. The average Bonchev–Trinajstić information content (AvgIpc) is 2.66. The van der Waals surface area contributed by atoms with E-state index >= 15 is 0 Å². The molecular formula is C12H16N2OS. The number of nitrogens with one attached hydrogen (secondary N) is 1. The summed E-state index contributed by atoms with van der Waals surface area (Å²) in [5.74, 6) is 0. The Morgan fingerprint density at radius 1 is 1.38 bits per heavy atom. The maximum atomic E-state index is 5.59. The van der Waals surface area contributed by atoms with E-state index in [1.807, 2.05) is 18.2 Å². The van der Waals surface area contributed by atoms with Crippen molar-refractivity contribution >= 4 is 21.6 Å². The normalized spacial score (nSPS) is 11.2. The van der Waals surface area contributed by atoms with E-state index < -0.39 is 0 Å². The molecule has 1 N–H and O–H groups in total. The van der Waals surface area contributed by atoms with Crippen molar-refractivity contribution in [2.75, 3.05) is 13.2 Å². The highest BCUT2D eigenvalue weighted by molar-refractivity contribution is 7.20. The van der Waals surface area contributed by atoms with Crippen molar-refractivity contribution in [1.29, 1.82) is 0 Å². The molecule has 0 atom stereocenters. The SMILES string of the molecule is CC(C)NCCOc1nc2ccccc2s1. The van der Waals surface area contributed by atoms with Gasteiger partial charge in [-0.15, -0.1) is 0 Å². The Kier molecular flexibility index (Phi) is 3.74. The molecule has 0 spiro atoms. The van der Waals surface area contributed by atoms with Gasteiger partial charge in [-0.25, -0.2) is 4.98 Å². The number of para-hydroxylation sites is 1. The molecule has 86 valence electrons. The molecule has 0 saturated carbocycles. The average molecular weight is 236 g/mol. The van der Waals surface area contributed by atoms with Crippen molar-refractivity contribution < 1.29 is 4.74 Å². The maximum absolute atomic E-state index is 5.59. The van der Waals surface area contributed by atoms with E-state index in [1.54, 1.807) is 11.3 Å². The predicted octanol–water partition coefficient (Wildman–Crippen LogP) is 2.67. The van der Waals surface area contributed by atoms with Gasteiger partial charge in [-0.2, -0.15) is 0 Å². The first kappa shape index (κ1) is 11.4. The van der Waals surface area contributed by atoms with Gasteiger partial charge in [0.05, 0.1) is 10.2 Å². The zero-order chi connectivity index (χ0) is 11.4. The molecular weight excluding hydrogens is 220 g/mol. The van der Waals surface area contributed by atoms with E-state index in [0.29, 0.717) is 12.6 Å². The molecule has 0 aliphatic rings. The van der Waals surface area contributed by atoms with Crippen molar-refractivity contribution in [2.45, 2.75) is 19.9 Å². The second-order valence-corrected chi connectivity index (χ2v) is 4.90. The molecule has 0 aliphatic carbocycles. The first-order chi connectivity index (χ1) is 7.75. The second-order valence-electron chi connectivity index (χ2n) is 3.90. The van der Waals surface area contributed by atoms with Gasteiger partial charge in [0.1, 0.15) is 6.61 Å². The molecule has 2 aromatic rings. The number of hydrogen-bond acceptors (Lipinski definition) is 4. The van der Waals surface area contributed by atoms with E-state index in [0.717, 1.165) is 17.3 Å². The minimum Gasteiger partial charge on any atom is -0.469 e. The number of hydrogen-bond donors (Lipinski definition) is 1. The molecule has 0 aliphatic heterocycles. The van der Waals surface area contributed by atoms with Crippen molar-refractivity contribution in [3.05, 3.63) is 24.3 Å². The van der Waals surface area contributed by atoms with Crippen LogP contribution in [0.1, 0.15) is 13.8 Å². The molecule has 3 nitrogen and oxygen atoms in total. The third kappa shape index (κ3) is 2.93. The summed E-state index contributed by atoms with van der Waals surface area (Å²) < 4.78 is 6.76. The molecule has 1 aromatic heterocycles. The fourth-order valence-electron chi connectivity index (χ4n) is 1.40. The number of fused-ring (bicyclic) bond motifs is 1. The van der Waals surface area contributed by atoms with Crippen LogP contribution in [-0.4, -0.2) is 24.2 Å². The van der Waals surface area contributed by atoms with Crippen molar-refractivity contribution in [2.24, 2.45) is 0 Å². The Hall–Kier alpha value is -1.13. The van der Waals surface area contributed by atoms with E-state index in [4.69, 9.17) is 4.74 Å². The third-order valence-electron chi connectivity index (χ3n) is 2.15. The lowest BCUT2D eigenvalue weighted by Gasteiger charge is -2.07. The Balaban J connectivity index is 1.89. The minimum absolute atomic E-state index is 0.499. The van der Waals surface area contributed by atoms with Gasteiger partial charge in [0.15, 0.2) is 0 Å². The van der Waals surface area contributed by atoms with Gasteiger partial charge < -0.3 is 10.1 Å². The van der Waals surface area contributed by atoms with Crippen molar-refractivity contribution in [3.63, 3.8) is 0 Å². The fourth-order valence-corrected chi connectivity index (χ4v) is 2.24. The molecule has 0 saturated heterocycles. The minimum atomic E-state index is 0.499. The van der Waals surface area contributed by atoms with Crippen molar-refractivity contribution in [1.82, 2.24) is 10.3 Å². The number of aromatic nitrogens is 1. The molecule has 2 rings (SSSR count). The smallest absolute Gasteiger partial charge is 0.274 e. The van der Waals surface area contributed by atoms with Crippen LogP contribution in [0.5, 0.6) is 5.19 Å². The standard InChI is InChI=1S/C12H16N2OS/c1-9(2)13-7-8-15-12-14-10-5-3-4-6-11(10)16-12/h3-6,9,13H,7-8H2,1-2H3. The highest BCUT2D eigenvalue weighted by Crippen LogP contribution is 2.26. The van der Waals surface area contributed by atoms with Gasteiger partial charge >= 0.3 is 0 Å². The van der Waals surface area contributed by atoms with Crippen LogP contribution in [0, 0.1) is 0 Å². The summed E-state index contributed by atoms with van der Waals surface area (Å²) in [5, 5.41) is 4.06. The Labute approximate surface area is 99.5 Å². The van der Waals surface area contributed by atoms with Crippen LogP contribution in [0.15, 0.2) is 24.3 Å². The second kappa shape index (κ2) is 5.27. The first-order valence-corrected chi connectivity index (χ1v) is 6.29. The topological polar surface area (TPSA) is 34.1 Å². The molecule has 0 amide bonds. The number of thiazole rings is 1. The molecule has 0 bridgehead atoms. The van der Waals surface area contributed by atoms with Gasteiger partial charge in [0.2, 0.25) is 0 Å². The van der Waals surface area contributed by atoms with Crippen LogP contribution in [0.3, 0.4) is 0 Å². The van der Waals surface area contributed by atoms with Crippen LogP contribution >= 0.6 is 11.3 Å². The predicted molar refractivity (Wildman–Crippen MR) is 68.3 cm³/mol. The lowest BCUT2D eigenvalue weighted by Crippen LogP contribution is -2.27. The molecule has 0 fully saturated rings. The highest BCUT2D eigenvalue weighted by atomic mass is 32.1. The largest absolute Gasteiger partial charge is 0.469 e. The number of ether oxygens (including phenoxy) is 1. The van der Waals surface area contributed by atoms with Crippen LogP contribution < -0.4 is 10.1 Å². The van der Waals surface area contributed by atoms with Gasteiger partial charge in [0.25, 0.3) is 5.19 Å². The maximum Gasteiger partial charge on any atom is 0.274 e. The van der Waals surface area contributed by atoms with Gasteiger partial charge in [-0.3, -0.25) is 0 Å². The Morgan fingerprint density at radius 2 is 2.19 bits per heavy atom. The molecule has 1 heterocycles. The van der Waals surface area contributed by atoms with E-state index in [1.165, 1.54) is 4.70 Å². The summed E-state index contributed by atoms with van der Waals surface area (Å²) in [6.45, 7) is 5.76. The van der Waals surface area contributed by atoms with Crippen LogP contribution in [0.4, 0.5) is 0 Å². The molecule has 0 unspecified atom stereocenters. The number of rotatable bonds is 5. The summed E-state index contributed by atoms with van der Waals surface area (Å²) in [6, 6.07) is 8.58. The van der Waals surface area contributed by atoms with Gasteiger partial charge in [-0.1, -0.05) is 37.3 Å². The Bertz CT molecular complexity index is 420. The molecule has 16 heavy (non-hydrogen) atoms. The highest BCUT2D eigenvalue weighted by Gasteiger charge is 2.03. The zero-order valence-corrected chi connectivity index (χ0v) is 10.4. The number of benzene rings is 1. The summed E-state index contributed by atoms with van der Waals surface area (Å²) in [4.78, 5) is 4.40. The van der Waals surface area contributed by atoms with Crippen molar-refractivity contribution in [3.8, 4) is 5.19 Å². The first-order valence-electron chi connectivity index (χ1n) is 5.47. The van der Waals surface area contributed by atoms with Crippen LogP contribution in [0.25, 0.3) is 10.2 Å². The van der Waals surface area contributed by atoms with E-state index in [9.17, 15) is 0 Å². The molecule has 0 radical (unpaired) electrons. The fraction of sp³-hybridized carbons (Fsp3) is 0.417. The summed E-state index contributed by atoms with van der Waals surface area (Å²) in [7, 11) is 0. The quantitative estimate of drug-likeness (QED) is 0.810. The van der Waals surface area contributed by atoms with Crippen LogP contribution in [0.2, 0.25) is 0 Å². The Morgan fingerprint density at radius 3 is 2.94 bits per heavy atom. The summed E-state index contributed by atoms with van der Waals surface area (Å²) in [6.07, 6.45) is 0. The lowest BCUT2D eigenvalue weighted by molar-refractivity contribution is 0.308. The molecule has 4 heteroatoms. The summed E-state index contributed by atoms with van der Waals surface area (Å²) >= 11 is 1.59. The van der Waals surface area contributed by atoms with E-state index in [-0.39, 0.29) is 0 Å². The van der Waals surface area contributed by atoms with Gasteiger partial charge in [0, 0.05) is 12.6 Å². The van der Waals surface area contributed by atoms with Gasteiger partial charge in [-0.05, 0) is 12.1 Å². The van der Waals surface area contributed by atoms with E-state index in [2.05, 4.69) is 30.2 Å². The van der Waals surface area contributed by atoms with Crippen LogP contribution in [-0.2, 0) is 0 Å². The molecule has 1 aromatic carbocycles.